The maximum absolute atomic E-state index is 12.5. The van der Waals surface area contributed by atoms with E-state index in [1.165, 1.54) is 25.3 Å². The molecule has 0 amide bonds. The van der Waals surface area contributed by atoms with E-state index < -0.39 is 16.0 Å². The first-order valence-corrected chi connectivity index (χ1v) is 8.42. The van der Waals surface area contributed by atoms with Gasteiger partial charge in [-0.3, -0.25) is 4.98 Å². The lowest BCUT2D eigenvalue weighted by Crippen LogP contribution is -2.24. The first-order valence-electron chi connectivity index (χ1n) is 6.94. The molecule has 2 rings (SSSR count). The predicted molar refractivity (Wildman–Crippen MR) is 85.5 cm³/mol. The van der Waals surface area contributed by atoms with Crippen molar-refractivity contribution in [2.75, 3.05) is 7.11 Å². The van der Waals surface area contributed by atoms with Gasteiger partial charge in [-0.15, -0.1) is 0 Å². The van der Waals surface area contributed by atoms with Crippen molar-refractivity contribution in [3.05, 3.63) is 58.9 Å². The Balaban J connectivity index is 2.26. The van der Waals surface area contributed by atoms with Gasteiger partial charge in [0.25, 0.3) is 0 Å². The normalized spacial score (nSPS) is 11.3. The van der Waals surface area contributed by atoms with Crippen LogP contribution in [0.25, 0.3) is 0 Å². The number of hydrogen-bond donors (Lipinski definition) is 1. The molecule has 0 unspecified atom stereocenters. The highest BCUT2D eigenvalue weighted by Crippen LogP contribution is 2.19. The number of hydrogen-bond acceptors (Lipinski definition) is 5. The molecular weight excluding hydrogens is 316 g/mol. The molecule has 0 aliphatic heterocycles. The molecule has 0 saturated carbocycles. The van der Waals surface area contributed by atoms with Crippen LogP contribution in [0.2, 0.25) is 0 Å². The molecule has 0 aliphatic carbocycles. The van der Waals surface area contributed by atoms with E-state index >= 15 is 0 Å². The van der Waals surface area contributed by atoms with Crippen LogP contribution in [-0.4, -0.2) is 26.5 Å². The van der Waals surface area contributed by atoms with Crippen LogP contribution < -0.4 is 4.72 Å². The second-order valence-corrected chi connectivity index (χ2v) is 6.79. The largest absolute Gasteiger partial charge is 0.465 e. The lowest BCUT2D eigenvalue weighted by Gasteiger charge is -2.12. The fourth-order valence-corrected chi connectivity index (χ4v) is 3.38. The number of carbonyl (C=O) groups is 1. The number of rotatable bonds is 5. The quantitative estimate of drug-likeness (QED) is 0.845. The number of nitrogens with one attached hydrogen (secondary N) is 1. The molecule has 23 heavy (non-hydrogen) atoms. The van der Waals surface area contributed by atoms with Crippen LogP contribution in [0.4, 0.5) is 0 Å². The number of aromatic nitrogens is 1. The van der Waals surface area contributed by atoms with E-state index in [4.69, 9.17) is 0 Å². The van der Waals surface area contributed by atoms with Gasteiger partial charge >= 0.3 is 5.97 Å². The third-order valence-electron chi connectivity index (χ3n) is 3.42. The fourth-order valence-electron chi connectivity index (χ4n) is 2.10. The van der Waals surface area contributed by atoms with Crippen molar-refractivity contribution < 1.29 is 17.9 Å². The number of esters is 1. The summed E-state index contributed by atoms with van der Waals surface area (Å²) >= 11 is 0. The molecular formula is C16H18N2O4S. The molecule has 0 saturated heterocycles. The van der Waals surface area contributed by atoms with Crippen molar-refractivity contribution in [2.45, 2.75) is 25.3 Å². The van der Waals surface area contributed by atoms with Gasteiger partial charge in [-0.2, -0.15) is 0 Å². The van der Waals surface area contributed by atoms with Gasteiger partial charge in [-0.25, -0.2) is 17.9 Å². The average molecular weight is 334 g/mol. The first kappa shape index (κ1) is 17.1. The minimum absolute atomic E-state index is 0.0560. The van der Waals surface area contributed by atoms with E-state index in [0.717, 1.165) is 11.3 Å². The number of nitrogens with zero attached hydrogens (tertiary/aromatic N) is 1. The minimum atomic E-state index is -3.75. The number of carbonyl (C=O) groups excluding carboxylic acids is 1. The molecule has 122 valence electrons. The Hall–Kier alpha value is -2.25. The van der Waals surface area contributed by atoms with E-state index in [1.54, 1.807) is 13.1 Å². The predicted octanol–water partition coefficient (Wildman–Crippen LogP) is 1.96. The molecule has 0 spiro atoms. The zero-order chi connectivity index (χ0) is 17.0. The van der Waals surface area contributed by atoms with Gasteiger partial charge in [-0.05, 0) is 43.2 Å². The summed E-state index contributed by atoms with van der Waals surface area (Å²) in [4.78, 5) is 15.9. The minimum Gasteiger partial charge on any atom is -0.465 e. The summed E-state index contributed by atoms with van der Waals surface area (Å²) in [5.74, 6) is -0.567. The molecule has 0 aliphatic rings. The standard InChI is InChI=1S/C16H18N2O4S/c1-11-7-8-13(9-17-11)10-18-23(20,21)15-6-4-5-14(12(15)2)16(19)22-3/h4-9,18H,10H2,1-3H3. The van der Waals surface area contributed by atoms with Crippen molar-refractivity contribution in [3.63, 3.8) is 0 Å². The second kappa shape index (κ2) is 6.89. The van der Waals surface area contributed by atoms with Crippen LogP contribution in [0.1, 0.15) is 27.2 Å². The summed E-state index contributed by atoms with van der Waals surface area (Å²) in [6.45, 7) is 3.56. The monoisotopic (exact) mass is 334 g/mol. The number of sulfonamides is 1. The zero-order valence-corrected chi connectivity index (χ0v) is 14.0. The van der Waals surface area contributed by atoms with E-state index in [-0.39, 0.29) is 17.0 Å². The molecule has 7 heteroatoms. The Morgan fingerprint density at radius 1 is 1.22 bits per heavy atom. The zero-order valence-electron chi connectivity index (χ0n) is 13.2. The van der Waals surface area contributed by atoms with Gasteiger partial charge in [0.1, 0.15) is 0 Å². The van der Waals surface area contributed by atoms with Crippen LogP contribution in [-0.2, 0) is 21.3 Å². The fraction of sp³-hybridized carbons (Fsp3) is 0.250. The van der Waals surface area contributed by atoms with Crippen molar-refractivity contribution in [1.82, 2.24) is 9.71 Å². The Kier molecular flexibility index (Phi) is 5.12. The molecule has 2 aromatic rings. The SMILES string of the molecule is COC(=O)c1cccc(S(=O)(=O)NCc2ccc(C)nc2)c1C. The summed E-state index contributed by atoms with van der Waals surface area (Å²) in [5.41, 5.74) is 2.19. The summed E-state index contributed by atoms with van der Waals surface area (Å²) < 4.78 is 32.1. The second-order valence-electron chi connectivity index (χ2n) is 5.05. The van der Waals surface area contributed by atoms with Gasteiger partial charge < -0.3 is 4.74 Å². The Morgan fingerprint density at radius 3 is 2.57 bits per heavy atom. The third-order valence-corrected chi connectivity index (χ3v) is 4.96. The average Bonchev–Trinajstić information content (AvgIpc) is 2.53. The number of pyridine rings is 1. The van der Waals surface area contributed by atoms with Crippen LogP contribution in [0.15, 0.2) is 41.4 Å². The molecule has 1 N–H and O–H groups in total. The molecule has 1 aromatic heterocycles. The van der Waals surface area contributed by atoms with Gasteiger partial charge in [0.15, 0.2) is 0 Å². The number of methoxy groups -OCH3 is 1. The highest BCUT2D eigenvalue weighted by atomic mass is 32.2. The van der Waals surface area contributed by atoms with Crippen molar-refractivity contribution in [2.24, 2.45) is 0 Å². The molecule has 6 nitrogen and oxygen atoms in total. The van der Waals surface area contributed by atoms with Gasteiger partial charge in [0.05, 0.1) is 17.6 Å². The topological polar surface area (TPSA) is 85.4 Å². The third kappa shape index (κ3) is 3.94. The van der Waals surface area contributed by atoms with Crippen LogP contribution in [0.5, 0.6) is 0 Å². The lowest BCUT2D eigenvalue weighted by atomic mass is 10.1. The van der Waals surface area contributed by atoms with Gasteiger partial charge in [-0.1, -0.05) is 12.1 Å². The summed E-state index contributed by atoms with van der Waals surface area (Å²) in [5, 5.41) is 0. The lowest BCUT2D eigenvalue weighted by molar-refractivity contribution is 0.0599. The summed E-state index contributed by atoms with van der Waals surface area (Å²) in [7, 11) is -2.49. The molecule has 0 fully saturated rings. The van der Waals surface area contributed by atoms with E-state index in [2.05, 4.69) is 14.4 Å². The molecule has 0 atom stereocenters. The van der Waals surface area contributed by atoms with Crippen LogP contribution >= 0.6 is 0 Å². The summed E-state index contributed by atoms with van der Waals surface area (Å²) in [6.07, 6.45) is 1.62. The highest BCUT2D eigenvalue weighted by molar-refractivity contribution is 7.89. The maximum atomic E-state index is 12.5. The van der Waals surface area contributed by atoms with Crippen molar-refractivity contribution in [1.29, 1.82) is 0 Å². The molecule has 1 heterocycles. The Morgan fingerprint density at radius 2 is 1.96 bits per heavy atom. The van der Waals surface area contributed by atoms with E-state index in [1.807, 2.05) is 19.1 Å². The molecule has 0 bridgehead atoms. The number of ether oxygens (including phenoxy) is 1. The number of benzene rings is 1. The first-order chi connectivity index (χ1) is 10.8. The van der Waals surface area contributed by atoms with E-state index in [0.29, 0.717) is 5.56 Å². The smallest absolute Gasteiger partial charge is 0.338 e. The summed E-state index contributed by atoms with van der Waals surface area (Å²) in [6, 6.07) is 8.12. The molecule has 1 aromatic carbocycles. The van der Waals surface area contributed by atoms with Crippen LogP contribution in [0.3, 0.4) is 0 Å². The van der Waals surface area contributed by atoms with Gasteiger partial charge in [0.2, 0.25) is 10.0 Å². The van der Waals surface area contributed by atoms with Crippen molar-refractivity contribution in [3.8, 4) is 0 Å². The molecule has 0 radical (unpaired) electrons. The Labute approximate surface area is 135 Å². The maximum Gasteiger partial charge on any atom is 0.338 e. The van der Waals surface area contributed by atoms with Crippen LogP contribution in [0, 0.1) is 13.8 Å². The van der Waals surface area contributed by atoms with Gasteiger partial charge in [0, 0.05) is 18.4 Å². The van der Waals surface area contributed by atoms with E-state index in [9.17, 15) is 13.2 Å². The Bertz CT molecular complexity index is 814. The van der Waals surface area contributed by atoms with Crippen molar-refractivity contribution >= 4 is 16.0 Å². The highest BCUT2D eigenvalue weighted by Gasteiger charge is 2.21. The number of aryl methyl sites for hydroxylation is 1.